The van der Waals surface area contributed by atoms with Crippen LogP contribution in [0, 0.1) is 0 Å². The summed E-state index contributed by atoms with van der Waals surface area (Å²) in [5, 5.41) is -0.475. The maximum atomic E-state index is 12.6. The number of aromatic nitrogens is 2. The van der Waals surface area contributed by atoms with Gasteiger partial charge in [-0.3, -0.25) is 9.20 Å². The molecule has 7 nitrogen and oxygen atoms in total. The lowest BCUT2D eigenvalue weighted by Gasteiger charge is -2.08. The molecular weight excluding hydrogens is 366 g/mol. The Morgan fingerprint density at radius 1 is 1.28 bits per heavy atom. The van der Waals surface area contributed by atoms with Crippen LogP contribution in [0.25, 0.3) is 5.65 Å². The van der Waals surface area contributed by atoms with E-state index < -0.39 is 15.9 Å². The van der Waals surface area contributed by atoms with Crippen molar-refractivity contribution in [1.29, 1.82) is 0 Å². The number of hydrogen-bond acceptors (Lipinski definition) is 5. The number of ether oxygens (including phenoxy) is 1. The summed E-state index contributed by atoms with van der Waals surface area (Å²) in [6.07, 6.45) is 2.20. The molecule has 1 N–H and O–H groups in total. The fourth-order valence-electron chi connectivity index (χ4n) is 2.74. The molecule has 1 aliphatic rings. The highest BCUT2D eigenvalue weighted by Gasteiger charge is 2.27. The molecule has 0 bridgehead atoms. The highest BCUT2D eigenvalue weighted by molar-refractivity contribution is 7.90. The van der Waals surface area contributed by atoms with Crippen molar-refractivity contribution in [3.05, 3.63) is 58.9 Å². The van der Waals surface area contributed by atoms with Gasteiger partial charge in [0.2, 0.25) is 0 Å². The number of carbonyl (C=O) groups excluding carboxylic acids is 1. The van der Waals surface area contributed by atoms with Crippen LogP contribution in [0.4, 0.5) is 0 Å². The van der Waals surface area contributed by atoms with Crippen LogP contribution in [0.1, 0.15) is 15.9 Å². The van der Waals surface area contributed by atoms with Gasteiger partial charge in [0.1, 0.15) is 11.4 Å². The zero-order valence-corrected chi connectivity index (χ0v) is 14.3. The first-order valence-electron chi connectivity index (χ1n) is 7.41. The molecule has 0 spiro atoms. The molecule has 128 valence electrons. The number of carbonyl (C=O) groups is 1. The van der Waals surface area contributed by atoms with Crippen molar-refractivity contribution < 1.29 is 17.9 Å². The van der Waals surface area contributed by atoms with Gasteiger partial charge in [-0.25, -0.2) is 9.71 Å². The second kappa shape index (κ2) is 5.75. The van der Waals surface area contributed by atoms with E-state index in [1.54, 1.807) is 30.3 Å². The largest absolute Gasteiger partial charge is 0.493 e. The fraction of sp³-hybridized carbons (Fsp3) is 0.125. The summed E-state index contributed by atoms with van der Waals surface area (Å²) in [5.41, 5.74) is 1.48. The Labute approximate surface area is 148 Å². The van der Waals surface area contributed by atoms with Crippen molar-refractivity contribution in [3.8, 4) is 5.75 Å². The maximum Gasteiger partial charge on any atom is 0.283 e. The number of imidazole rings is 1. The molecule has 1 aromatic carbocycles. The molecule has 1 amide bonds. The van der Waals surface area contributed by atoms with E-state index in [9.17, 15) is 13.2 Å². The summed E-state index contributed by atoms with van der Waals surface area (Å²) >= 11 is 5.98. The number of amides is 1. The average Bonchev–Trinajstić information content (AvgIpc) is 3.16. The summed E-state index contributed by atoms with van der Waals surface area (Å²) in [6, 6.07) is 9.78. The quantitative estimate of drug-likeness (QED) is 0.754. The number of hydrogen-bond donors (Lipinski definition) is 1. The van der Waals surface area contributed by atoms with Gasteiger partial charge in [0, 0.05) is 18.2 Å². The Morgan fingerprint density at radius 2 is 2.12 bits per heavy atom. The number of nitrogens with one attached hydrogen (secondary N) is 1. The van der Waals surface area contributed by atoms with Crippen molar-refractivity contribution in [3.63, 3.8) is 0 Å². The first-order chi connectivity index (χ1) is 12.0. The van der Waals surface area contributed by atoms with Crippen LogP contribution >= 0.6 is 11.6 Å². The van der Waals surface area contributed by atoms with Crippen LogP contribution in [0.3, 0.4) is 0 Å². The number of sulfonamides is 1. The zero-order chi connectivity index (χ0) is 17.6. The van der Waals surface area contributed by atoms with Gasteiger partial charge in [-0.2, -0.15) is 8.42 Å². The smallest absolute Gasteiger partial charge is 0.283 e. The molecule has 0 atom stereocenters. The van der Waals surface area contributed by atoms with Gasteiger partial charge in [0.05, 0.1) is 6.61 Å². The lowest BCUT2D eigenvalue weighted by molar-refractivity contribution is 0.0981. The third-order valence-electron chi connectivity index (χ3n) is 3.88. The Balaban J connectivity index is 1.69. The van der Waals surface area contributed by atoms with Crippen LogP contribution in [0.5, 0.6) is 5.75 Å². The fourth-order valence-corrected chi connectivity index (χ4v) is 4.36. The van der Waals surface area contributed by atoms with Crippen LogP contribution in [-0.2, 0) is 16.4 Å². The number of halogens is 1. The molecule has 0 saturated heterocycles. The highest BCUT2D eigenvalue weighted by atomic mass is 35.5. The minimum absolute atomic E-state index is 0.200. The summed E-state index contributed by atoms with van der Waals surface area (Å²) in [5.74, 6) is -0.0270. The van der Waals surface area contributed by atoms with E-state index in [0.717, 1.165) is 5.56 Å². The molecule has 0 saturated carbocycles. The SMILES string of the molecule is O=C(NS(=O)(=O)c1c(Cl)nc2ccccn12)c1ccc2c(c1)CCO2. The second-order valence-corrected chi connectivity index (χ2v) is 7.45. The highest BCUT2D eigenvalue weighted by Crippen LogP contribution is 2.26. The van der Waals surface area contributed by atoms with Gasteiger partial charge >= 0.3 is 0 Å². The Hall–Kier alpha value is -2.58. The molecule has 1 aliphatic heterocycles. The minimum atomic E-state index is -4.20. The van der Waals surface area contributed by atoms with E-state index in [4.69, 9.17) is 16.3 Å². The third kappa shape index (κ3) is 2.73. The zero-order valence-electron chi connectivity index (χ0n) is 12.8. The number of fused-ring (bicyclic) bond motifs is 2. The Bertz CT molecular complexity index is 1110. The lowest BCUT2D eigenvalue weighted by Crippen LogP contribution is -2.31. The molecular formula is C16H12ClN3O4S. The van der Waals surface area contributed by atoms with Crippen molar-refractivity contribution in [2.24, 2.45) is 0 Å². The normalized spacial score (nSPS) is 13.5. The monoisotopic (exact) mass is 377 g/mol. The summed E-state index contributed by atoms with van der Waals surface area (Å²) in [7, 11) is -4.20. The van der Waals surface area contributed by atoms with E-state index in [1.807, 2.05) is 4.72 Å². The van der Waals surface area contributed by atoms with Crippen molar-refractivity contribution in [2.45, 2.75) is 11.4 Å². The number of benzene rings is 1. The van der Waals surface area contributed by atoms with Gasteiger partial charge in [-0.15, -0.1) is 0 Å². The molecule has 25 heavy (non-hydrogen) atoms. The van der Waals surface area contributed by atoms with Crippen molar-refractivity contribution in [2.75, 3.05) is 6.61 Å². The van der Waals surface area contributed by atoms with Gasteiger partial charge in [0.25, 0.3) is 15.9 Å². The first kappa shape index (κ1) is 15.9. The molecule has 9 heteroatoms. The molecule has 0 aliphatic carbocycles. The predicted octanol–water partition coefficient (Wildman–Crippen LogP) is 2.04. The van der Waals surface area contributed by atoms with E-state index >= 15 is 0 Å². The van der Waals surface area contributed by atoms with Crippen LogP contribution in [0.15, 0.2) is 47.6 Å². The van der Waals surface area contributed by atoms with Gasteiger partial charge in [-0.1, -0.05) is 17.7 Å². The van der Waals surface area contributed by atoms with E-state index in [2.05, 4.69) is 4.98 Å². The Morgan fingerprint density at radius 3 is 2.96 bits per heavy atom. The second-order valence-electron chi connectivity index (χ2n) is 5.49. The summed E-state index contributed by atoms with van der Waals surface area (Å²) in [4.78, 5) is 16.4. The van der Waals surface area contributed by atoms with Gasteiger partial charge in [-0.05, 0) is 35.9 Å². The van der Waals surface area contributed by atoms with Gasteiger partial charge in [0.15, 0.2) is 10.2 Å². The van der Waals surface area contributed by atoms with E-state index in [1.165, 1.54) is 16.7 Å². The standard InChI is InChI=1S/C16H12ClN3O4S/c17-14-16(20-7-2-1-3-13(20)18-14)25(22,23)19-15(21)11-4-5-12-10(9-11)6-8-24-12/h1-5,7,9H,6,8H2,(H,19,21). The van der Waals surface area contributed by atoms with Gasteiger partial charge < -0.3 is 4.74 Å². The lowest BCUT2D eigenvalue weighted by atomic mass is 10.1. The van der Waals surface area contributed by atoms with Crippen molar-refractivity contribution in [1.82, 2.24) is 14.1 Å². The number of pyridine rings is 1. The van der Waals surface area contributed by atoms with Crippen LogP contribution in [-0.4, -0.2) is 30.3 Å². The maximum absolute atomic E-state index is 12.6. The Kier molecular flexibility index (Phi) is 3.66. The summed E-state index contributed by atoms with van der Waals surface area (Å²) < 4.78 is 34.0. The number of nitrogens with zero attached hydrogens (tertiary/aromatic N) is 2. The van der Waals surface area contributed by atoms with E-state index in [0.29, 0.717) is 24.4 Å². The first-order valence-corrected chi connectivity index (χ1v) is 9.27. The molecule has 0 radical (unpaired) electrons. The van der Waals surface area contributed by atoms with Crippen molar-refractivity contribution >= 4 is 33.2 Å². The molecule has 0 fully saturated rings. The average molecular weight is 378 g/mol. The van der Waals surface area contributed by atoms with E-state index in [-0.39, 0.29) is 15.7 Å². The molecule has 3 heterocycles. The molecule has 3 aromatic rings. The minimum Gasteiger partial charge on any atom is -0.493 e. The third-order valence-corrected chi connectivity index (χ3v) is 5.61. The number of rotatable bonds is 3. The molecule has 4 rings (SSSR count). The van der Waals surface area contributed by atoms with Crippen LogP contribution in [0.2, 0.25) is 5.15 Å². The molecule has 2 aromatic heterocycles. The topological polar surface area (TPSA) is 89.8 Å². The molecule has 0 unspecified atom stereocenters. The van der Waals surface area contributed by atoms with Crippen LogP contribution < -0.4 is 9.46 Å². The summed E-state index contributed by atoms with van der Waals surface area (Å²) in [6.45, 7) is 0.552. The predicted molar refractivity (Wildman–Crippen MR) is 90.5 cm³/mol.